The molecule has 0 aromatic carbocycles. The maximum atomic E-state index is 11.8. The van der Waals surface area contributed by atoms with Crippen molar-refractivity contribution in [2.24, 2.45) is 0 Å². The lowest BCUT2D eigenvalue weighted by Gasteiger charge is -2.05. The lowest BCUT2D eigenvalue weighted by molar-refractivity contribution is -0.121. The molecule has 0 saturated carbocycles. The minimum absolute atomic E-state index is 0.0532. The molecule has 106 valence electrons. The fraction of sp³-hybridized carbons (Fsp3) is 0.400. The summed E-state index contributed by atoms with van der Waals surface area (Å²) >= 11 is 1.64. The van der Waals surface area contributed by atoms with Crippen LogP contribution in [0.15, 0.2) is 24.5 Å². The van der Waals surface area contributed by atoms with E-state index in [1.807, 2.05) is 25.4 Å². The van der Waals surface area contributed by atoms with Gasteiger partial charge >= 0.3 is 0 Å². The van der Waals surface area contributed by atoms with Crippen molar-refractivity contribution in [2.75, 3.05) is 0 Å². The molecule has 0 aliphatic rings. The third kappa shape index (κ3) is 4.42. The average Bonchev–Trinajstić information content (AvgIpc) is 2.89. The van der Waals surface area contributed by atoms with E-state index >= 15 is 0 Å². The van der Waals surface area contributed by atoms with Gasteiger partial charge < -0.3 is 5.32 Å². The number of hydrogen-bond donors (Lipinski definition) is 1. The zero-order valence-corrected chi connectivity index (χ0v) is 12.7. The number of aromatic nitrogens is 2. The van der Waals surface area contributed by atoms with Gasteiger partial charge in [0, 0.05) is 23.7 Å². The first-order valence-corrected chi connectivity index (χ1v) is 7.61. The zero-order chi connectivity index (χ0) is 14.4. The Morgan fingerprint density at radius 1 is 1.30 bits per heavy atom. The lowest BCUT2D eigenvalue weighted by Crippen LogP contribution is -2.23. The van der Waals surface area contributed by atoms with Crippen LogP contribution < -0.4 is 5.32 Å². The van der Waals surface area contributed by atoms with Gasteiger partial charge in [0.15, 0.2) is 0 Å². The fourth-order valence-electron chi connectivity index (χ4n) is 1.80. The van der Waals surface area contributed by atoms with Gasteiger partial charge in [-0.1, -0.05) is 13.0 Å². The van der Waals surface area contributed by atoms with Crippen LogP contribution in [0.1, 0.15) is 34.5 Å². The zero-order valence-electron chi connectivity index (χ0n) is 11.8. The maximum Gasteiger partial charge on any atom is 0.220 e. The van der Waals surface area contributed by atoms with E-state index in [0.717, 1.165) is 28.4 Å². The van der Waals surface area contributed by atoms with E-state index in [4.69, 9.17) is 0 Å². The molecule has 0 radical (unpaired) electrons. The second-order valence-corrected chi connectivity index (χ2v) is 5.95. The topological polar surface area (TPSA) is 54.9 Å². The van der Waals surface area contributed by atoms with E-state index in [1.165, 1.54) is 5.56 Å². The molecule has 1 N–H and O–H groups in total. The number of aryl methyl sites for hydroxylation is 3. The molecule has 2 aromatic rings. The Balaban J connectivity index is 1.74. The van der Waals surface area contributed by atoms with Crippen molar-refractivity contribution in [1.29, 1.82) is 0 Å². The van der Waals surface area contributed by atoms with Gasteiger partial charge in [-0.05, 0) is 31.4 Å². The van der Waals surface area contributed by atoms with Gasteiger partial charge in [-0.15, -0.1) is 11.3 Å². The first kappa shape index (κ1) is 14.7. The summed E-state index contributed by atoms with van der Waals surface area (Å²) in [6.07, 6.45) is 5.93. The monoisotopic (exact) mass is 289 g/mol. The van der Waals surface area contributed by atoms with Crippen molar-refractivity contribution >= 4 is 17.2 Å². The molecule has 0 atom stereocenters. The number of hydrogen-bond acceptors (Lipinski definition) is 4. The maximum absolute atomic E-state index is 11.8. The summed E-state index contributed by atoms with van der Waals surface area (Å²) in [6.45, 7) is 4.56. The SMILES string of the molecule is CCc1ccc(CNC(=O)CCc2cnc(C)s2)nc1. The molecule has 5 heteroatoms. The molecule has 0 bridgehead atoms. The predicted molar refractivity (Wildman–Crippen MR) is 80.6 cm³/mol. The molecule has 0 saturated heterocycles. The van der Waals surface area contributed by atoms with Crippen LogP contribution in [0, 0.1) is 6.92 Å². The summed E-state index contributed by atoms with van der Waals surface area (Å²) in [7, 11) is 0. The quantitative estimate of drug-likeness (QED) is 0.889. The number of carbonyl (C=O) groups excluding carboxylic acids is 1. The van der Waals surface area contributed by atoms with E-state index < -0.39 is 0 Å². The molecule has 0 fully saturated rings. The molecule has 2 rings (SSSR count). The smallest absolute Gasteiger partial charge is 0.220 e. The highest BCUT2D eigenvalue weighted by Gasteiger charge is 2.05. The van der Waals surface area contributed by atoms with Crippen molar-refractivity contribution < 1.29 is 4.79 Å². The number of thiazole rings is 1. The largest absolute Gasteiger partial charge is 0.350 e. The fourth-order valence-corrected chi connectivity index (χ4v) is 2.60. The Bertz CT molecular complexity index is 563. The number of pyridine rings is 1. The van der Waals surface area contributed by atoms with E-state index in [1.54, 1.807) is 11.3 Å². The highest BCUT2D eigenvalue weighted by Crippen LogP contribution is 2.13. The third-order valence-electron chi connectivity index (χ3n) is 3.03. The number of amides is 1. The van der Waals surface area contributed by atoms with E-state index in [-0.39, 0.29) is 5.91 Å². The van der Waals surface area contributed by atoms with Crippen LogP contribution in [0.4, 0.5) is 0 Å². The van der Waals surface area contributed by atoms with Gasteiger partial charge in [-0.3, -0.25) is 9.78 Å². The number of rotatable bonds is 6. The van der Waals surface area contributed by atoms with Gasteiger partial charge in [0.2, 0.25) is 5.91 Å². The minimum atomic E-state index is 0.0532. The normalized spacial score (nSPS) is 10.5. The molecule has 1 amide bonds. The van der Waals surface area contributed by atoms with E-state index in [2.05, 4.69) is 28.3 Å². The summed E-state index contributed by atoms with van der Waals surface area (Å²) in [5.74, 6) is 0.0532. The van der Waals surface area contributed by atoms with Gasteiger partial charge in [-0.25, -0.2) is 4.98 Å². The van der Waals surface area contributed by atoms with Crippen LogP contribution >= 0.6 is 11.3 Å². The average molecular weight is 289 g/mol. The van der Waals surface area contributed by atoms with Crippen molar-refractivity contribution in [3.05, 3.63) is 45.7 Å². The highest BCUT2D eigenvalue weighted by molar-refractivity contribution is 7.11. The summed E-state index contributed by atoms with van der Waals surface area (Å²) in [4.78, 5) is 21.4. The Morgan fingerprint density at radius 3 is 2.75 bits per heavy atom. The van der Waals surface area contributed by atoms with Gasteiger partial charge in [0.25, 0.3) is 0 Å². The lowest BCUT2D eigenvalue weighted by atomic mass is 10.2. The molecule has 2 aromatic heterocycles. The molecule has 4 nitrogen and oxygen atoms in total. The van der Waals surface area contributed by atoms with Crippen LogP contribution in [0.2, 0.25) is 0 Å². The first-order valence-electron chi connectivity index (χ1n) is 6.79. The van der Waals surface area contributed by atoms with Crippen molar-refractivity contribution in [1.82, 2.24) is 15.3 Å². The number of carbonyl (C=O) groups is 1. The van der Waals surface area contributed by atoms with E-state index in [0.29, 0.717) is 13.0 Å². The molecule has 0 spiro atoms. The Labute approximate surface area is 123 Å². The van der Waals surface area contributed by atoms with Crippen LogP contribution in [0.25, 0.3) is 0 Å². The number of nitrogens with one attached hydrogen (secondary N) is 1. The summed E-state index contributed by atoms with van der Waals surface area (Å²) < 4.78 is 0. The molecule has 0 aliphatic carbocycles. The molecular weight excluding hydrogens is 270 g/mol. The molecular formula is C15H19N3OS. The Morgan fingerprint density at radius 2 is 2.15 bits per heavy atom. The molecule has 2 heterocycles. The second kappa shape index (κ2) is 7.14. The van der Waals surface area contributed by atoms with Crippen molar-refractivity contribution in [3.8, 4) is 0 Å². The van der Waals surface area contributed by atoms with Crippen molar-refractivity contribution in [2.45, 2.75) is 39.7 Å². The van der Waals surface area contributed by atoms with Crippen molar-refractivity contribution in [3.63, 3.8) is 0 Å². The van der Waals surface area contributed by atoms with Crippen LogP contribution in [-0.2, 0) is 24.2 Å². The Kier molecular flexibility index (Phi) is 5.24. The van der Waals surface area contributed by atoms with Gasteiger partial charge in [-0.2, -0.15) is 0 Å². The molecule has 0 aliphatic heterocycles. The van der Waals surface area contributed by atoms with Crippen LogP contribution in [0.5, 0.6) is 0 Å². The number of nitrogens with zero attached hydrogens (tertiary/aromatic N) is 2. The van der Waals surface area contributed by atoms with Gasteiger partial charge in [0.05, 0.1) is 17.2 Å². The molecule has 0 unspecified atom stereocenters. The predicted octanol–water partition coefficient (Wildman–Crippen LogP) is 2.66. The summed E-state index contributed by atoms with van der Waals surface area (Å²) in [6, 6.07) is 4.01. The van der Waals surface area contributed by atoms with Gasteiger partial charge in [0.1, 0.15) is 0 Å². The molecule has 20 heavy (non-hydrogen) atoms. The van der Waals surface area contributed by atoms with E-state index in [9.17, 15) is 4.79 Å². The highest BCUT2D eigenvalue weighted by atomic mass is 32.1. The minimum Gasteiger partial charge on any atom is -0.350 e. The second-order valence-electron chi connectivity index (χ2n) is 4.63. The first-order chi connectivity index (χ1) is 9.67. The standard InChI is InChI=1S/C15H19N3OS/c1-3-12-4-5-13(17-8-12)9-18-15(19)7-6-14-10-16-11(2)20-14/h4-5,8,10H,3,6-7,9H2,1-2H3,(H,18,19). The summed E-state index contributed by atoms with van der Waals surface area (Å²) in [5, 5.41) is 3.94. The van der Waals surface area contributed by atoms with Crippen LogP contribution in [0.3, 0.4) is 0 Å². The summed E-state index contributed by atoms with van der Waals surface area (Å²) in [5.41, 5.74) is 2.10. The van der Waals surface area contributed by atoms with Crippen LogP contribution in [-0.4, -0.2) is 15.9 Å². The third-order valence-corrected chi connectivity index (χ3v) is 4.00. The Hall–Kier alpha value is -1.75.